The molecule has 0 radical (unpaired) electrons. The third-order valence-corrected chi connectivity index (χ3v) is 9.42. The molecule has 47 heavy (non-hydrogen) atoms. The van der Waals surface area contributed by atoms with Crippen LogP contribution in [0, 0.1) is 0 Å². The van der Waals surface area contributed by atoms with E-state index in [4.69, 9.17) is 21.3 Å². The predicted molar refractivity (Wildman–Crippen MR) is 183 cm³/mol. The summed E-state index contributed by atoms with van der Waals surface area (Å²) in [6.45, 7) is 8.83. The molecule has 14 heteroatoms. The summed E-state index contributed by atoms with van der Waals surface area (Å²) in [5.74, 6) is 0.382. The number of ether oxygens (including phenoxy) is 1. The van der Waals surface area contributed by atoms with Crippen LogP contribution in [0.15, 0.2) is 61.1 Å². The fourth-order valence-electron chi connectivity index (χ4n) is 5.71. The van der Waals surface area contributed by atoms with Crippen molar-refractivity contribution in [3.63, 3.8) is 0 Å². The van der Waals surface area contributed by atoms with Crippen molar-refractivity contribution in [2.45, 2.75) is 64.4 Å². The SMILES string of the molecule is CCc1cc(-c2ccc3c(NS(=O)(=O)Cc4ccccc4Cl)ncnn23)cc2cnc(N[C@H]3CCCN(C(=O)OC(C)(C)C)C3)nc12. The minimum Gasteiger partial charge on any atom is -0.444 e. The average molecular weight is 677 g/mol. The monoisotopic (exact) mass is 676 g/mol. The number of halogens is 1. The fourth-order valence-corrected chi connectivity index (χ4v) is 7.18. The second-order valence-corrected chi connectivity index (χ2v) is 14.7. The normalized spacial score (nSPS) is 15.6. The second kappa shape index (κ2) is 13.0. The zero-order valence-corrected chi connectivity index (χ0v) is 28.3. The summed E-state index contributed by atoms with van der Waals surface area (Å²) in [7, 11) is -3.81. The molecule has 3 aromatic heterocycles. The molecule has 0 aliphatic carbocycles. The molecular formula is C33H37ClN8O4S. The van der Waals surface area contributed by atoms with Crippen LogP contribution in [0.25, 0.3) is 27.7 Å². The molecule has 1 atom stereocenters. The van der Waals surface area contributed by atoms with E-state index in [1.165, 1.54) is 6.33 Å². The first-order valence-electron chi connectivity index (χ1n) is 15.5. The Balaban J connectivity index is 1.24. The fraction of sp³-hybridized carbons (Fsp3) is 0.364. The molecule has 0 bridgehead atoms. The van der Waals surface area contributed by atoms with Gasteiger partial charge in [0.2, 0.25) is 16.0 Å². The molecule has 4 heterocycles. The number of nitrogens with one attached hydrogen (secondary N) is 2. The molecule has 2 N–H and O–H groups in total. The van der Waals surface area contributed by atoms with Crippen molar-refractivity contribution in [2.75, 3.05) is 23.1 Å². The molecule has 1 aliphatic heterocycles. The zero-order chi connectivity index (χ0) is 33.3. The smallest absolute Gasteiger partial charge is 0.410 e. The van der Waals surface area contributed by atoms with E-state index in [2.05, 4.69) is 38.1 Å². The molecule has 6 rings (SSSR count). The number of aryl methyl sites for hydroxylation is 1. The molecular weight excluding hydrogens is 640 g/mol. The Morgan fingerprint density at radius 2 is 1.91 bits per heavy atom. The van der Waals surface area contributed by atoms with Crippen LogP contribution < -0.4 is 10.0 Å². The lowest BCUT2D eigenvalue weighted by molar-refractivity contribution is 0.0206. The number of hydrogen-bond acceptors (Lipinski definition) is 9. The van der Waals surface area contributed by atoms with Gasteiger partial charge in [0.05, 0.1) is 17.0 Å². The molecule has 1 fully saturated rings. The van der Waals surface area contributed by atoms with Crippen molar-refractivity contribution in [3.05, 3.63) is 77.2 Å². The number of benzene rings is 2. The third kappa shape index (κ3) is 7.41. The lowest BCUT2D eigenvalue weighted by Crippen LogP contribution is -2.47. The van der Waals surface area contributed by atoms with Crippen LogP contribution in [0.3, 0.4) is 0 Å². The molecule has 1 amide bonds. The first-order valence-corrected chi connectivity index (χ1v) is 17.5. The summed E-state index contributed by atoms with van der Waals surface area (Å²) in [6, 6.07) is 14.6. The molecule has 2 aromatic carbocycles. The standard InChI is InChI=1S/C33H37ClN8O4S/c1-5-21-15-23(16-24-17-35-31(39-29(21)24)38-25-10-8-14-41(18-25)32(43)46-33(2,3)4)27-12-13-28-30(36-20-37-42(27)28)40-47(44,45)19-22-9-6-7-11-26(22)34/h6-7,9,11-13,15-17,20,25H,5,8,10,14,18-19H2,1-4H3,(H,35,38,39)(H,36,37,40)/t25-/m0/s1. The maximum absolute atomic E-state index is 13.0. The van der Waals surface area contributed by atoms with Crippen LogP contribution in [-0.2, 0) is 26.9 Å². The van der Waals surface area contributed by atoms with E-state index >= 15 is 0 Å². The molecule has 0 spiro atoms. The van der Waals surface area contributed by atoms with E-state index in [-0.39, 0.29) is 23.7 Å². The maximum atomic E-state index is 13.0. The van der Waals surface area contributed by atoms with Crippen LogP contribution in [0.1, 0.15) is 51.7 Å². The Bertz CT molecular complexity index is 2060. The summed E-state index contributed by atoms with van der Waals surface area (Å²) in [5.41, 5.74) is 3.94. The van der Waals surface area contributed by atoms with Gasteiger partial charge in [-0.25, -0.2) is 32.7 Å². The minimum atomic E-state index is -3.81. The molecule has 5 aromatic rings. The van der Waals surface area contributed by atoms with Crippen LogP contribution in [0.4, 0.5) is 16.6 Å². The van der Waals surface area contributed by atoms with E-state index in [0.717, 1.165) is 47.0 Å². The Morgan fingerprint density at radius 1 is 1.11 bits per heavy atom. The summed E-state index contributed by atoms with van der Waals surface area (Å²) in [4.78, 5) is 28.1. The Morgan fingerprint density at radius 3 is 2.68 bits per heavy atom. The minimum absolute atomic E-state index is 0.00105. The lowest BCUT2D eigenvalue weighted by Gasteiger charge is -2.34. The van der Waals surface area contributed by atoms with Crippen molar-refractivity contribution < 1.29 is 17.9 Å². The quantitative estimate of drug-likeness (QED) is 0.193. The van der Waals surface area contributed by atoms with Crippen molar-refractivity contribution in [1.29, 1.82) is 0 Å². The van der Waals surface area contributed by atoms with Gasteiger partial charge in [0.1, 0.15) is 17.4 Å². The molecule has 12 nitrogen and oxygen atoms in total. The maximum Gasteiger partial charge on any atom is 0.410 e. The van der Waals surface area contributed by atoms with Crippen molar-refractivity contribution >= 4 is 55.9 Å². The van der Waals surface area contributed by atoms with Crippen LogP contribution in [0.2, 0.25) is 5.02 Å². The average Bonchev–Trinajstić information content (AvgIpc) is 3.46. The summed E-state index contributed by atoms with van der Waals surface area (Å²) in [6.07, 6.45) is 5.27. The Kier molecular flexibility index (Phi) is 8.95. The number of rotatable bonds is 8. The topological polar surface area (TPSA) is 144 Å². The van der Waals surface area contributed by atoms with Gasteiger partial charge in [-0.3, -0.25) is 4.72 Å². The van der Waals surface area contributed by atoms with Gasteiger partial charge in [0.15, 0.2) is 5.82 Å². The van der Waals surface area contributed by atoms with Gasteiger partial charge in [-0.2, -0.15) is 5.10 Å². The zero-order valence-electron chi connectivity index (χ0n) is 26.7. The number of aromatic nitrogens is 5. The van der Waals surface area contributed by atoms with Crippen LogP contribution in [-0.4, -0.2) is 68.7 Å². The van der Waals surface area contributed by atoms with E-state index in [9.17, 15) is 13.2 Å². The highest BCUT2D eigenvalue weighted by atomic mass is 35.5. The highest BCUT2D eigenvalue weighted by Gasteiger charge is 2.28. The number of sulfonamides is 1. The number of nitrogens with zero attached hydrogens (tertiary/aromatic N) is 6. The molecule has 246 valence electrons. The number of amides is 1. The number of hydrogen-bond donors (Lipinski definition) is 2. The van der Waals surface area contributed by atoms with Crippen molar-refractivity contribution in [3.8, 4) is 11.3 Å². The first kappa shape index (κ1) is 32.5. The number of fused-ring (bicyclic) bond motifs is 2. The highest BCUT2D eigenvalue weighted by molar-refractivity contribution is 7.91. The molecule has 1 aliphatic rings. The number of anilines is 2. The Labute approximate surface area is 278 Å². The van der Waals surface area contributed by atoms with Gasteiger partial charge in [-0.1, -0.05) is 36.7 Å². The third-order valence-electron chi connectivity index (χ3n) is 7.85. The van der Waals surface area contributed by atoms with Gasteiger partial charge >= 0.3 is 6.09 Å². The molecule has 0 saturated carbocycles. The van der Waals surface area contributed by atoms with Crippen LogP contribution >= 0.6 is 11.6 Å². The molecule has 1 saturated heterocycles. The first-order chi connectivity index (χ1) is 22.4. The summed E-state index contributed by atoms with van der Waals surface area (Å²) in [5, 5.41) is 9.09. The van der Waals surface area contributed by atoms with E-state index in [1.807, 2.05) is 32.9 Å². The number of carbonyl (C=O) groups is 1. The number of likely N-dealkylation sites (tertiary alicyclic amines) is 1. The summed E-state index contributed by atoms with van der Waals surface area (Å²) >= 11 is 6.20. The second-order valence-electron chi connectivity index (χ2n) is 12.6. The van der Waals surface area contributed by atoms with E-state index in [1.54, 1.807) is 45.9 Å². The van der Waals surface area contributed by atoms with Gasteiger partial charge in [0.25, 0.3) is 0 Å². The van der Waals surface area contributed by atoms with Crippen molar-refractivity contribution in [1.82, 2.24) is 29.5 Å². The van der Waals surface area contributed by atoms with E-state index < -0.39 is 15.6 Å². The predicted octanol–water partition coefficient (Wildman–Crippen LogP) is 6.31. The summed E-state index contributed by atoms with van der Waals surface area (Å²) < 4.78 is 35.9. The Hall–Kier alpha value is -4.49. The van der Waals surface area contributed by atoms with Gasteiger partial charge in [-0.15, -0.1) is 0 Å². The van der Waals surface area contributed by atoms with Gasteiger partial charge in [0, 0.05) is 41.3 Å². The highest BCUT2D eigenvalue weighted by Crippen LogP contribution is 2.31. The molecule has 0 unspecified atom stereocenters. The van der Waals surface area contributed by atoms with Crippen molar-refractivity contribution in [2.24, 2.45) is 0 Å². The van der Waals surface area contributed by atoms with Gasteiger partial charge in [-0.05, 0) is 81.5 Å². The largest absolute Gasteiger partial charge is 0.444 e. The number of piperidine rings is 1. The van der Waals surface area contributed by atoms with Gasteiger partial charge < -0.3 is 15.0 Å². The number of carbonyl (C=O) groups excluding carboxylic acids is 1. The van der Waals surface area contributed by atoms with E-state index in [0.29, 0.717) is 35.1 Å². The lowest BCUT2D eigenvalue weighted by atomic mass is 10.0. The van der Waals surface area contributed by atoms with Crippen LogP contribution in [0.5, 0.6) is 0 Å².